The second kappa shape index (κ2) is 6.63. The smallest absolute Gasteiger partial charge is 0.223 e. The Morgan fingerprint density at radius 3 is 2.05 bits per heavy atom. The van der Waals surface area contributed by atoms with Crippen LogP contribution in [0.3, 0.4) is 0 Å². The van der Waals surface area contributed by atoms with Gasteiger partial charge in [0.2, 0.25) is 5.91 Å². The number of carbonyl (C=O) groups excluding carboxylic acids is 1. The molecule has 0 aromatic carbocycles. The summed E-state index contributed by atoms with van der Waals surface area (Å²) in [6, 6.07) is 7.34. The summed E-state index contributed by atoms with van der Waals surface area (Å²) in [7, 11) is 0. The Morgan fingerprint density at radius 1 is 1.14 bits per heavy atom. The second-order valence-electron chi connectivity index (χ2n) is 5.90. The Labute approximate surface area is 124 Å². The molecular weight excluding hydrogens is 268 g/mol. The van der Waals surface area contributed by atoms with Crippen LogP contribution < -0.4 is 5.73 Å². The fraction of sp³-hybridized carbons (Fsp3) is 0.438. The molecule has 1 amide bonds. The maximum Gasteiger partial charge on any atom is 0.223 e. The van der Waals surface area contributed by atoms with E-state index in [2.05, 4.69) is 0 Å². The fourth-order valence-corrected chi connectivity index (χ4v) is 2.00. The van der Waals surface area contributed by atoms with Gasteiger partial charge >= 0.3 is 0 Å². The molecule has 2 aromatic rings. The highest BCUT2D eigenvalue weighted by Gasteiger charge is 2.20. The van der Waals surface area contributed by atoms with Gasteiger partial charge in [-0.2, -0.15) is 0 Å². The Bertz CT molecular complexity index is 502. The Hall–Kier alpha value is -2.01. The second-order valence-corrected chi connectivity index (χ2v) is 5.90. The summed E-state index contributed by atoms with van der Waals surface area (Å²) < 4.78 is 10.7. The zero-order valence-corrected chi connectivity index (χ0v) is 12.5. The maximum atomic E-state index is 12.4. The van der Waals surface area contributed by atoms with Crippen LogP contribution in [0.1, 0.15) is 38.2 Å². The van der Waals surface area contributed by atoms with E-state index in [0.29, 0.717) is 25.9 Å². The van der Waals surface area contributed by atoms with Crippen LogP contribution in [-0.2, 0) is 17.9 Å². The number of amides is 1. The lowest BCUT2D eigenvalue weighted by molar-refractivity contribution is -0.133. The molecule has 2 aromatic heterocycles. The van der Waals surface area contributed by atoms with Crippen LogP contribution in [0.4, 0.5) is 0 Å². The van der Waals surface area contributed by atoms with Crippen LogP contribution in [0.5, 0.6) is 0 Å². The van der Waals surface area contributed by atoms with Gasteiger partial charge in [-0.1, -0.05) is 0 Å². The van der Waals surface area contributed by atoms with Gasteiger partial charge in [0.15, 0.2) is 0 Å². The lowest BCUT2D eigenvalue weighted by atomic mass is 9.99. The van der Waals surface area contributed by atoms with E-state index in [4.69, 9.17) is 14.6 Å². The zero-order valence-electron chi connectivity index (χ0n) is 12.5. The third-order valence-corrected chi connectivity index (χ3v) is 3.19. The molecule has 0 atom stereocenters. The van der Waals surface area contributed by atoms with Crippen molar-refractivity contribution in [2.45, 2.75) is 45.3 Å². The fourth-order valence-electron chi connectivity index (χ4n) is 2.00. The van der Waals surface area contributed by atoms with E-state index in [1.54, 1.807) is 17.4 Å². The summed E-state index contributed by atoms with van der Waals surface area (Å²) in [4.78, 5) is 14.2. The topological polar surface area (TPSA) is 72.6 Å². The first-order chi connectivity index (χ1) is 9.94. The van der Waals surface area contributed by atoms with Crippen molar-refractivity contribution < 1.29 is 13.6 Å². The van der Waals surface area contributed by atoms with Crippen molar-refractivity contribution in [2.24, 2.45) is 5.73 Å². The first-order valence-corrected chi connectivity index (χ1v) is 7.05. The van der Waals surface area contributed by atoms with Gasteiger partial charge in [0.25, 0.3) is 0 Å². The van der Waals surface area contributed by atoms with Gasteiger partial charge < -0.3 is 19.5 Å². The van der Waals surface area contributed by atoms with Crippen molar-refractivity contribution in [1.82, 2.24) is 4.90 Å². The minimum atomic E-state index is -0.351. The predicted molar refractivity (Wildman–Crippen MR) is 79.2 cm³/mol. The molecule has 0 bridgehead atoms. The van der Waals surface area contributed by atoms with Crippen LogP contribution in [-0.4, -0.2) is 16.3 Å². The number of hydrogen-bond donors (Lipinski definition) is 1. The molecule has 0 fully saturated rings. The van der Waals surface area contributed by atoms with E-state index in [-0.39, 0.29) is 11.4 Å². The lowest BCUT2D eigenvalue weighted by Crippen LogP contribution is -2.36. The monoisotopic (exact) mass is 290 g/mol. The van der Waals surface area contributed by atoms with E-state index in [1.807, 2.05) is 38.1 Å². The molecule has 2 heterocycles. The lowest BCUT2D eigenvalue weighted by Gasteiger charge is -2.23. The van der Waals surface area contributed by atoms with Crippen molar-refractivity contribution in [1.29, 1.82) is 0 Å². The molecule has 0 aliphatic rings. The summed E-state index contributed by atoms with van der Waals surface area (Å²) in [5.74, 6) is 1.55. The molecular formula is C16H22N2O3. The largest absolute Gasteiger partial charge is 0.467 e. The third kappa shape index (κ3) is 5.11. The zero-order chi connectivity index (χ0) is 15.3. The SMILES string of the molecule is CC(C)(N)CCC(=O)N(Cc1ccco1)Cc1ccco1. The molecule has 0 aliphatic carbocycles. The average molecular weight is 290 g/mol. The van der Waals surface area contributed by atoms with Crippen molar-refractivity contribution in [2.75, 3.05) is 0 Å². The van der Waals surface area contributed by atoms with Gasteiger partial charge in [-0.05, 0) is 44.5 Å². The van der Waals surface area contributed by atoms with Crippen LogP contribution in [0.15, 0.2) is 45.6 Å². The quantitative estimate of drug-likeness (QED) is 0.851. The predicted octanol–water partition coefficient (Wildman–Crippen LogP) is 2.92. The van der Waals surface area contributed by atoms with E-state index in [9.17, 15) is 4.79 Å². The summed E-state index contributed by atoms with van der Waals surface area (Å²) in [6.45, 7) is 4.70. The minimum Gasteiger partial charge on any atom is -0.467 e. The van der Waals surface area contributed by atoms with E-state index in [1.165, 1.54) is 0 Å². The van der Waals surface area contributed by atoms with Crippen LogP contribution >= 0.6 is 0 Å². The van der Waals surface area contributed by atoms with Gasteiger partial charge in [-0.3, -0.25) is 4.79 Å². The number of carbonyl (C=O) groups is 1. The van der Waals surface area contributed by atoms with Crippen molar-refractivity contribution in [3.8, 4) is 0 Å². The molecule has 5 heteroatoms. The Kier molecular flexibility index (Phi) is 4.85. The highest BCUT2D eigenvalue weighted by Crippen LogP contribution is 2.15. The highest BCUT2D eigenvalue weighted by atomic mass is 16.3. The van der Waals surface area contributed by atoms with Gasteiger partial charge in [-0.15, -0.1) is 0 Å². The van der Waals surface area contributed by atoms with Gasteiger partial charge in [0, 0.05) is 12.0 Å². The van der Waals surface area contributed by atoms with Crippen LogP contribution in [0.2, 0.25) is 0 Å². The molecule has 2 rings (SSSR count). The van der Waals surface area contributed by atoms with Crippen molar-refractivity contribution >= 4 is 5.91 Å². The molecule has 0 unspecified atom stereocenters. The van der Waals surface area contributed by atoms with Gasteiger partial charge in [0.1, 0.15) is 11.5 Å². The number of hydrogen-bond acceptors (Lipinski definition) is 4. The molecule has 2 N–H and O–H groups in total. The van der Waals surface area contributed by atoms with E-state index in [0.717, 1.165) is 11.5 Å². The van der Waals surface area contributed by atoms with Crippen molar-refractivity contribution in [3.05, 3.63) is 48.3 Å². The number of nitrogens with zero attached hydrogens (tertiary/aromatic N) is 1. The Balaban J connectivity index is 2.01. The molecule has 0 radical (unpaired) electrons. The van der Waals surface area contributed by atoms with Crippen LogP contribution in [0, 0.1) is 0 Å². The first-order valence-electron chi connectivity index (χ1n) is 7.05. The first kappa shape index (κ1) is 15.4. The molecule has 0 saturated carbocycles. The summed E-state index contributed by atoms with van der Waals surface area (Å²) in [5.41, 5.74) is 5.60. The molecule has 21 heavy (non-hydrogen) atoms. The molecule has 0 aliphatic heterocycles. The Morgan fingerprint density at radius 2 is 1.67 bits per heavy atom. The van der Waals surface area contributed by atoms with Gasteiger partial charge in [0.05, 0.1) is 25.6 Å². The standard InChI is InChI=1S/C16H22N2O3/c1-16(2,17)8-7-15(19)18(11-13-5-3-9-20-13)12-14-6-4-10-21-14/h3-6,9-10H,7-8,11-12,17H2,1-2H3. The number of furan rings is 2. The minimum absolute atomic E-state index is 0.0429. The molecule has 0 saturated heterocycles. The van der Waals surface area contributed by atoms with Crippen molar-refractivity contribution in [3.63, 3.8) is 0 Å². The molecule has 0 spiro atoms. The van der Waals surface area contributed by atoms with Gasteiger partial charge in [-0.25, -0.2) is 0 Å². The third-order valence-electron chi connectivity index (χ3n) is 3.19. The molecule has 114 valence electrons. The summed E-state index contributed by atoms with van der Waals surface area (Å²) in [6.07, 6.45) is 4.26. The number of nitrogens with two attached hydrogens (primary N) is 1. The van der Waals surface area contributed by atoms with E-state index >= 15 is 0 Å². The normalized spacial score (nSPS) is 11.6. The maximum absolute atomic E-state index is 12.4. The van der Waals surface area contributed by atoms with Crippen LogP contribution in [0.25, 0.3) is 0 Å². The molecule has 5 nitrogen and oxygen atoms in total. The summed E-state index contributed by atoms with van der Waals surface area (Å²) >= 11 is 0. The summed E-state index contributed by atoms with van der Waals surface area (Å²) in [5, 5.41) is 0. The highest BCUT2D eigenvalue weighted by molar-refractivity contribution is 5.76. The average Bonchev–Trinajstić information content (AvgIpc) is 3.07. The number of rotatable bonds is 7. The van der Waals surface area contributed by atoms with E-state index < -0.39 is 0 Å².